The second-order valence-electron chi connectivity index (χ2n) is 8.46. The number of anilines is 1. The number of carbonyl (C=O) groups excluding carboxylic acids is 2. The van der Waals surface area contributed by atoms with Crippen molar-refractivity contribution in [3.8, 4) is 5.75 Å². The van der Waals surface area contributed by atoms with Crippen molar-refractivity contribution in [3.05, 3.63) is 77.2 Å². The first-order valence-electron chi connectivity index (χ1n) is 11.4. The predicted molar refractivity (Wildman–Crippen MR) is 149 cm³/mol. The second kappa shape index (κ2) is 11.5. The molecule has 2 aliphatic rings. The summed E-state index contributed by atoms with van der Waals surface area (Å²) >= 11 is 20.0. The fourth-order valence-electron chi connectivity index (χ4n) is 4.21. The van der Waals surface area contributed by atoms with Crippen LogP contribution < -0.4 is 9.64 Å². The zero-order valence-electron chi connectivity index (χ0n) is 19.7. The maximum atomic E-state index is 13.4. The van der Waals surface area contributed by atoms with Gasteiger partial charge in [0, 0.05) is 37.4 Å². The van der Waals surface area contributed by atoms with Crippen molar-refractivity contribution in [2.45, 2.75) is 16.9 Å². The summed E-state index contributed by atoms with van der Waals surface area (Å²) in [6.07, 6.45) is 2.23. The first kappa shape index (κ1) is 26.9. The summed E-state index contributed by atoms with van der Waals surface area (Å²) in [5.74, 6) is 0.0789. The van der Waals surface area contributed by atoms with Crippen LogP contribution in [0.25, 0.3) is 6.08 Å². The Morgan fingerprint density at radius 1 is 1.06 bits per heavy atom. The number of thioether (sulfide) groups is 1. The Hall–Kier alpha value is -2.16. The molecule has 4 rings (SSSR count). The van der Waals surface area contributed by atoms with Crippen molar-refractivity contribution in [3.63, 3.8) is 0 Å². The van der Waals surface area contributed by atoms with Crippen molar-refractivity contribution in [1.82, 2.24) is 9.80 Å². The van der Waals surface area contributed by atoms with E-state index in [9.17, 15) is 9.59 Å². The molecule has 0 unspecified atom stereocenters. The van der Waals surface area contributed by atoms with Crippen LogP contribution in [0.15, 0.2) is 66.1 Å². The maximum Gasteiger partial charge on any atom is 0.295 e. The van der Waals surface area contributed by atoms with Crippen LogP contribution in [0.2, 0.25) is 0 Å². The van der Waals surface area contributed by atoms with Crippen LogP contribution in [0.4, 0.5) is 10.5 Å². The van der Waals surface area contributed by atoms with E-state index in [2.05, 4.69) is 35.7 Å². The fraction of sp³-hybridized carbons (Fsp3) is 0.308. The van der Waals surface area contributed by atoms with E-state index in [0.29, 0.717) is 44.1 Å². The topological polar surface area (TPSA) is 53.1 Å². The summed E-state index contributed by atoms with van der Waals surface area (Å²) in [4.78, 5) is 31.9. The number of nitrogens with zero attached hydrogens (tertiary/aromatic N) is 3. The number of ether oxygens (including phenoxy) is 1. The number of imide groups is 1. The highest BCUT2D eigenvalue weighted by Crippen LogP contribution is 2.43. The van der Waals surface area contributed by atoms with Crippen molar-refractivity contribution < 1.29 is 14.3 Å². The molecule has 1 atom stereocenters. The van der Waals surface area contributed by atoms with E-state index in [-0.39, 0.29) is 4.91 Å². The van der Waals surface area contributed by atoms with Crippen LogP contribution >= 0.6 is 46.6 Å². The van der Waals surface area contributed by atoms with Crippen LogP contribution in [-0.2, 0) is 4.79 Å². The minimum Gasteiger partial charge on any atom is -0.489 e. The van der Waals surface area contributed by atoms with Crippen LogP contribution in [-0.4, -0.2) is 63.7 Å². The second-order valence-corrected chi connectivity index (χ2v) is 11.8. The first-order chi connectivity index (χ1) is 17.2. The molecule has 0 saturated carbocycles. The summed E-state index contributed by atoms with van der Waals surface area (Å²) in [6, 6.07) is 15.5. The molecule has 0 bridgehead atoms. The van der Waals surface area contributed by atoms with Crippen molar-refractivity contribution in [1.29, 1.82) is 0 Å². The normalized spacial score (nSPS) is 19.2. The molecule has 6 nitrogen and oxygen atoms in total. The number of piperazine rings is 1. The molecule has 0 radical (unpaired) electrons. The summed E-state index contributed by atoms with van der Waals surface area (Å²) < 4.78 is 3.79. The number of amides is 2. The van der Waals surface area contributed by atoms with E-state index in [0.717, 1.165) is 22.3 Å². The molecule has 2 saturated heterocycles. The molecule has 36 heavy (non-hydrogen) atoms. The van der Waals surface area contributed by atoms with Gasteiger partial charge in [0.2, 0.25) is 3.79 Å². The molecule has 2 heterocycles. The quantitative estimate of drug-likeness (QED) is 0.229. The van der Waals surface area contributed by atoms with Gasteiger partial charge in [-0.05, 0) is 43.0 Å². The Kier molecular flexibility index (Phi) is 8.58. The molecular formula is C26H26Cl3N3O3S. The maximum absolute atomic E-state index is 13.4. The van der Waals surface area contributed by atoms with E-state index in [1.54, 1.807) is 18.2 Å². The van der Waals surface area contributed by atoms with Gasteiger partial charge in [0.1, 0.15) is 18.5 Å². The Balaban J connectivity index is 1.54. The number of benzene rings is 2. The number of halogens is 3. The SMILES string of the molecule is C=CCOc1ccccc1/C=C1/SC(=O)N([C@@H](N2CCN(c3ccc(C)cc3)CC2)C(Cl)(Cl)Cl)C1=O. The lowest BCUT2D eigenvalue weighted by molar-refractivity contribution is -0.127. The van der Waals surface area contributed by atoms with E-state index >= 15 is 0 Å². The molecule has 2 aromatic carbocycles. The number of rotatable bonds is 7. The van der Waals surface area contributed by atoms with Crippen molar-refractivity contribution >= 4 is 69.5 Å². The summed E-state index contributed by atoms with van der Waals surface area (Å²) in [6.45, 7) is 8.39. The molecule has 10 heteroatoms. The van der Waals surface area contributed by atoms with Gasteiger partial charge in [-0.2, -0.15) is 0 Å². The number of para-hydroxylation sites is 1. The Labute approximate surface area is 230 Å². The van der Waals surface area contributed by atoms with E-state index < -0.39 is 21.1 Å². The largest absolute Gasteiger partial charge is 0.489 e. The minimum absolute atomic E-state index is 0.243. The van der Waals surface area contributed by atoms with Crippen LogP contribution in [0.3, 0.4) is 0 Å². The molecule has 0 N–H and O–H groups in total. The highest BCUT2D eigenvalue weighted by molar-refractivity contribution is 8.18. The van der Waals surface area contributed by atoms with Gasteiger partial charge in [0.25, 0.3) is 11.1 Å². The molecule has 2 aliphatic heterocycles. The van der Waals surface area contributed by atoms with Gasteiger partial charge >= 0.3 is 0 Å². The van der Waals surface area contributed by atoms with Crippen LogP contribution in [0.5, 0.6) is 5.75 Å². The molecule has 0 aliphatic carbocycles. The number of hydrogen-bond donors (Lipinski definition) is 0. The third-order valence-corrected chi connectivity index (χ3v) is 7.45. The zero-order valence-corrected chi connectivity index (χ0v) is 22.8. The molecule has 2 fully saturated rings. The predicted octanol–water partition coefficient (Wildman–Crippen LogP) is 6.11. The first-order valence-corrected chi connectivity index (χ1v) is 13.4. The monoisotopic (exact) mass is 565 g/mol. The highest BCUT2D eigenvalue weighted by Gasteiger charge is 2.51. The van der Waals surface area contributed by atoms with Gasteiger partial charge in [0.05, 0.1) is 4.91 Å². The Morgan fingerprint density at radius 2 is 1.72 bits per heavy atom. The lowest BCUT2D eigenvalue weighted by Crippen LogP contribution is -2.61. The average molecular weight is 567 g/mol. The number of carbonyl (C=O) groups is 2. The number of hydrogen-bond acceptors (Lipinski definition) is 6. The van der Waals surface area contributed by atoms with Gasteiger partial charge in [-0.1, -0.05) is 83.4 Å². The van der Waals surface area contributed by atoms with E-state index in [1.807, 2.05) is 30.0 Å². The minimum atomic E-state index is -1.89. The summed E-state index contributed by atoms with van der Waals surface area (Å²) in [5, 5.41) is -0.479. The van der Waals surface area contributed by atoms with E-state index in [1.165, 1.54) is 5.56 Å². The number of aryl methyl sites for hydroxylation is 1. The molecule has 0 aromatic heterocycles. The zero-order chi connectivity index (χ0) is 25.9. The van der Waals surface area contributed by atoms with Gasteiger partial charge < -0.3 is 9.64 Å². The standard InChI is InChI=1S/C26H26Cl3N3O3S/c1-3-16-35-21-7-5-4-6-19(21)17-22-23(33)32(25(34)36-22)24(26(27,28)29)31-14-12-30(13-15-31)20-10-8-18(2)9-11-20/h3-11,17,24H,1,12-16H2,2H3/b22-17+/t24-/m1/s1. The van der Waals surface area contributed by atoms with Crippen LogP contribution in [0.1, 0.15) is 11.1 Å². The third-order valence-electron chi connectivity index (χ3n) is 5.98. The Morgan fingerprint density at radius 3 is 2.36 bits per heavy atom. The third kappa shape index (κ3) is 6.03. The van der Waals surface area contributed by atoms with Gasteiger partial charge in [0.15, 0.2) is 0 Å². The number of alkyl halides is 3. The van der Waals surface area contributed by atoms with Crippen LogP contribution in [0, 0.1) is 6.92 Å². The smallest absolute Gasteiger partial charge is 0.295 e. The summed E-state index contributed by atoms with van der Waals surface area (Å²) in [5.41, 5.74) is 2.97. The van der Waals surface area contributed by atoms with Gasteiger partial charge in [-0.3, -0.25) is 14.5 Å². The molecule has 2 amide bonds. The van der Waals surface area contributed by atoms with E-state index in [4.69, 9.17) is 39.5 Å². The van der Waals surface area contributed by atoms with Gasteiger partial charge in [-0.25, -0.2) is 4.90 Å². The molecule has 0 spiro atoms. The highest BCUT2D eigenvalue weighted by atomic mass is 35.6. The lowest BCUT2D eigenvalue weighted by atomic mass is 10.1. The molecule has 2 aromatic rings. The molecule has 190 valence electrons. The average Bonchev–Trinajstić information content (AvgIpc) is 3.11. The fourth-order valence-corrected chi connectivity index (χ4v) is 5.76. The lowest BCUT2D eigenvalue weighted by Gasteiger charge is -2.44. The Bertz CT molecular complexity index is 1160. The van der Waals surface area contributed by atoms with Gasteiger partial charge in [-0.15, -0.1) is 0 Å². The van der Waals surface area contributed by atoms with Crippen molar-refractivity contribution in [2.75, 3.05) is 37.7 Å². The summed E-state index contributed by atoms with van der Waals surface area (Å²) in [7, 11) is 0. The molecular weight excluding hydrogens is 541 g/mol. The van der Waals surface area contributed by atoms with Crippen molar-refractivity contribution in [2.24, 2.45) is 0 Å².